The van der Waals surface area contributed by atoms with Gasteiger partial charge in [0.2, 0.25) is 0 Å². The number of hydrogen-bond donors (Lipinski definition) is 1. The molecule has 0 fully saturated rings. The summed E-state index contributed by atoms with van der Waals surface area (Å²) < 4.78 is 14.1. The molecule has 2 aliphatic rings. The topological polar surface area (TPSA) is 52.7 Å². The summed E-state index contributed by atoms with van der Waals surface area (Å²) in [5.74, 6) is -0.553. The van der Waals surface area contributed by atoms with Crippen LogP contribution in [0.3, 0.4) is 0 Å². The summed E-state index contributed by atoms with van der Waals surface area (Å²) >= 11 is 0. The van der Waals surface area contributed by atoms with Crippen LogP contribution in [-0.4, -0.2) is 41.9 Å². The van der Waals surface area contributed by atoms with Crippen molar-refractivity contribution < 1.29 is 14.0 Å². The molecular formula is C16H18FN3O2. The molecule has 0 bridgehead atoms. The molecule has 0 saturated carbocycles. The van der Waals surface area contributed by atoms with E-state index in [1.54, 1.807) is 30.1 Å². The number of urea groups is 1. The van der Waals surface area contributed by atoms with E-state index in [0.29, 0.717) is 29.9 Å². The highest BCUT2D eigenvalue weighted by atomic mass is 19.1. The predicted octanol–water partition coefficient (Wildman–Crippen LogP) is 2.03. The fourth-order valence-electron chi connectivity index (χ4n) is 3.02. The molecule has 0 radical (unpaired) electrons. The highest BCUT2D eigenvalue weighted by molar-refractivity contribution is 6.01. The van der Waals surface area contributed by atoms with E-state index in [4.69, 9.17) is 0 Å². The largest absolute Gasteiger partial charge is 0.333 e. The SMILES string of the molecule is CCCN1CC2=C(C1=O)[C@@H](c1ccccc1F)NC(=O)N2C. The van der Waals surface area contributed by atoms with Crippen molar-refractivity contribution in [1.29, 1.82) is 0 Å². The third-order valence-electron chi connectivity index (χ3n) is 4.14. The summed E-state index contributed by atoms with van der Waals surface area (Å²) in [5, 5.41) is 2.73. The van der Waals surface area contributed by atoms with Gasteiger partial charge in [0.25, 0.3) is 5.91 Å². The average molecular weight is 303 g/mol. The van der Waals surface area contributed by atoms with Crippen molar-refractivity contribution in [3.63, 3.8) is 0 Å². The minimum atomic E-state index is -0.728. The second-order valence-electron chi connectivity index (χ2n) is 5.55. The van der Waals surface area contributed by atoms with E-state index in [1.807, 2.05) is 6.92 Å². The Morgan fingerprint density at radius 3 is 2.73 bits per heavy atom. The van der Waals surface area contributed by atoms with E-state index < -0.39 is 11.9 Å². The molecule has 0 aliphatic carbocycles. The van der Waals surface area contributed by atoms with E-state index in [9.17, 15) is 14.0 Å². The summed E-state index contributed by atoms with van der Waals surface area (Å²) in [4.78, 5) is 27.9. The maximum Gasteiger partial charge on any atom is 0.322 e. The highest BCUT2D eigenvalue weighted by Crippen LogP contribution is 2.36. The van der Waals surface area contributed by atoms with Gasteiger partial charge in [-0.25, -0.2) is 9.18 Å². The lowest BCUT2D eigenvalue weighted by Crippen LogP contribution is -2.45. The smallest absolute Gasteiger partial charge is 0.322 e. The second kappa shape index (κ2) is 5.44. The van der Waals surface area contributed by atoms with Crippen LogP contribution in [-0.2, 0) is 4.79 Å². The van der Waals surface area contributed by atoms with Crippen LogP contribution in [0, 0.1) is 5.82 Å². The van der Waals surface area contributed by atoms with Crippen LogP contribution < -0.4 is 5.32 Å². The van der Waals surface area contributed by atoms with Gasteiger partial charge in [-0.15, -0.1) is 0 Å². The molecule has 1 aromatic carbocycles. The zero-order chi connectivity index (χ0) is 15.9. The molecule has 0 saturated heterocycles. The average Bonchev–Trinajstić information content (AvgIpc) is 2.82. The minimum absolute atomic E-state index is 0.128. The highest BCUT2D eigenvalue weighted by Gasteiger charge is 2.43. The molecular weight excluding hydrogens is 285 g/mol. The molecule has 6 heteroatoms. The first-order chi connectivity index (χ1) is 10.5. The molecule has 3 rings (SSSR count). The Morgan fingerprint density at radius 2 is 2.05 bits per heavy atom. The summed E-state index contributed by atoms with van der Waals surface area (Å²) in [7, 11) is 1.63. The van der Waals surface area contributed by atoms with Gasteiger partial charge in [-0.3, -0.25) is 9.69 Å². The molecule has 0 unspecified atom stereocenters. The number of nitrogens with one attached hydrogen (secondary N) is 1. The van der Waals surface area contributed by atoms with Gasteiger partial charge in [0.15, 0.2) is 0 Å². The molecule has 3 amide bonds. The third-order valence-corrected chi connectivity index (χ3v) is 4.14. The van der Waals surface area contributed by atoms with Crippen LogP contribution in [0.5, 0.6) is 0 Å². The maximum absolute atomic E-state index is 14.1. The summed E-state index contributed by atoms with van der Waals surface area (Å²) in [5.41, 5.74) is 1.46. The lowest BCUT2D eigenvalue weighted by Gasteiger charge is -2.31. The van der Waals surface area contributed by atoms with Crippen LogP contribution in [0.2, 0.25) is 0 Å². The van der Waals surface area contributed by atoms with E-state index in [1.165, 1.54) is 11.0 Å². The first kappa shape index (κ1) is 14.6. The van der Waals surface area contributed by atoms with Gasteiger partial charge in [-0.1, -0.05) is 25.1 Å². The van der Waals surface area contributed by atoms with Crippen LogP contribution in [0.4, 0.5) is 9.18 Å². The van der Waals surface area contributed by atoms with Gasteiger partial charge >= 0.3 is 6.03 Å². The predicted molar refractivity (Wildman–Crippen MR) is 79.3 cm³/mol. The lowest BCUT2D eigenvalue weighted by atomic mass is 9.95. The number of likely N-dealkylation sites (N-methyl/N-ethyl adjacent to an activating group) is 1. The fourth-order valence-corrected chi connectivity index (χ4v) is 3.02. The maximum atomic E-state index is 14.1. The summed E-state index contributed by atoms with van der Waals surface area (Å²) in [6.07, 6.45) is 0.835. The standard InChI is InChI=1S/C16H18FN3O2/c1-3-8-20-9-12-13(15(20)21)14(18-16(22)19(12)2)10-6-4-5-7-11(10)17/h4-7,14H,3,8-9H2,1-2H3,(H,18,22)/t14-/m1/s1. The fraction of sp³-hybridized carbons (Fsp3) is 0.375. The van der Waals surface area contributed by atoms with Crippen molar-refractivity contribution in [3.05, 3.63) is 46.9 Å². The minimum Gasteiger partial charge on any atom is -0.333 e. The molecule has 116 valence electrons. The van der Waals surface area contributed by atoms with E-state index in [0.717, 1.165) is 6.42 Å². The molecule has 0 spiro atoms. The third kappa shape index (κ3) is 2.15. The van der Waals surface area contributed by atoms with Crippen molar-refractivity contribution in [2.45, 2.75) is 19.4 Å². The van der Waals surface area contributed by atoms with Gasteiger partial charge in [0.05, 0.1) is 23.9 Å². The Bertz CT molecular complexity index is 671. The first-order valence-corrected chi connectivity index (χ1v) is 7.35. The Labute approximate surface area is 128 Å². The lowest BCUT2D eigenvalue weighted by molar-refractivity contribution is -0.125. The quantitative estimate of drug-likeness (QED) is 0.929. The summed E-state index contributed by atoms with van der Waals surface area (Å²) in [6, 6.07) is 5.18. The van der Waals surface area contributed by atoms with Gasteiger partial charge in [0, 0.05) is 19.2 Å². The number of carbonyl (C=O) groups excluding carboxylic acids is 2. The molecule has 2 aliphatic heterocycles. The number of nitrogens with zero attached hydrogens (tertiary/aromatic N) is 2. The van der Waals surface area contributed by atoms with Crippen LogP contribution in [0.15, 0.2) is 35.5 Å². The Balaban J connectivity index is 2.06. The monoisotopic (exact) mass is 303 g/mol. The van der Waals surface area contributed by atoms with Crippen molar-refractivity contribution in [3.8, 4) is 0 Å². The number of carbonyl (C=O) groups is 2. The van der Waals surface area contributed by atoms with Gasteiger partial charge in [0.1, 0.15) is 5.82 Å². The van der Waals surface area contributed by atoms with Gasteiger partial charge in [-0.05, 0) is 12.5 Å². The van der Waals surface area contributed by atoms with Crippen LogP contribution in [0.1, 0.15) is 24.9 Å². The molecule has 5 nitrogen and oxygen atoms in total. The van der Waals surface area contributed by atoms with Crippen molar-refractivity contribution in [2.75, 3.05) is 20.1 Å². The molecule has 1 atom stereocenters. The Kier molecular flexibility index (Phi) is 3.60. The van der Waals surface area contributed by atoms with Crippen LogP contribution in [0.25, 0.3) is 0 Å². The molecule has 1 aromatic rings. The molecule has 2 heterocycles. The van der Waals surface area contributed by atoms with Crippen molar-refractivity contribution in [1.82, 2.24) is 15.1 Å². The number of amides is 3. The summed E-state index contributed by atoms with van der Waals surface area (Å²) in [6.45, 7) is 3.01. The van der Waals surface area contributed by atoms with Crippen molar-refractivity contribution in [2.24, 2.45) is 0 Å². The Hall–Kier alpha value is -2.37. The van der Waals surface area contributed by atoms with E-state index in [-0.39, 0.29) is 11.9 Å². The Morgan fingerprint density at radius 1 is 1.32 bits per heavy atom. The molecule has 0 aromatic heterocycles. The second-order valence-corrected chi connectivity index (χ2v) is 5.55. The van der Waals surface area contributed by atoms with Crippen LogP contribution >= 0.6 is 0 Å². The number of rotatable bonds is 3. The molecule has 22 heavy (non-hydrogen) atoms. The first-order valence-electron chi connectivity index (χ1n) is 7.35. The normalized spacial score (nSPS) is 21.3. The van der Waals surface area contributed by atoms with E-state index in [2.05, 4.69) is 5.32 Å². The van der Waals surface area contributed by atoms with Crippen molar-refractivity contribution >= 4 is 11.9 Å². The molecule has 1 N–H and O–H groups in total. The van der Waals surface area contributed by atoms with Gasteiger partial charge in [-0.2, -0.15) is 0 Å². The van der Waals surface area contributed by atoms with E-state index >= 15 is 0 Å². The zero-order valence-corrected chi connectivity index (χ0v) is 12.6. The number of benzene rings is 1. The zero-order valence-electron chi connectivity index (χ0n) is 12.6. The number of hydrogen-bond acceptors (Lipinski definition) is 2. The number of halogens is 1. The van der Waals surface area contributed by atoms with Gasteiger partial charge < -0.3 is 10.2 Å².